The SMILES string of the molecule is C=CCCOc1cccc(-c2nnc(CCC(=O)NCCN3CCCCC3)c(=O)[nH]2)c1. The molecular formula is C23H31N5O3. The van der Waals surface area contributed by atoms with Crippen LogP contribution in [0, 0.1) is 0 Å². The number of hydrogen-bond acceptors (Lipinski definition) is 6. The minimum atomic E-state index is -0.330. The van der Waals surface area contributed by atoms with E-state index in [0.29, 0.717) is 30.3 Å². The number of hydrogen-bond donors (Lipinski definition) is 2. The van der Waals surface area contributed by atoms with Gasteiger partial charge in [0.15, 0.2) is 5.82 Å². The Balaban J connectivity index is 1.49. The molecule has 3 rings (SSSR count). The number of nitrogens with zero attached hydrogens (tertiary/aromatic N) is 3. The van der Waals surface area contributed by atoms with Gasteiger partial charge in [-0.25, -0.2) is 0 Å². The molecule has 8 nitrogen and oxygen atoms in total. The van der Waals surface area contributed by atoms with Crippen LogP contribution in [0.3, 0.4) is 0 Å². The summed E-state index contributed by atoms with van der Waals surface area (Å²) in [5.41, 5.74) is 0.639. The maximum absolute atomic E-state index is 12.4. The van der Waals surface area contributed by atoms with Gasteiger partial charge in [-0.1, -0.05) is 24.6 Å². The first-order valence-electron chi connectivity index (χ1n) is 10.9. The number of likely N-dealkylation sites (tertiary alicyclic amines) is 1. The second-order valence-electron chi connectivity index (χ2n) is 7.66. The number of benzene rings is 1. The molecule has 0 aliphatic carbocycles. The molecule has 1 fully saturated rings. The number of carbonyl (C=O) groups excluding carboxylic acids is 1. The molecule has 0 spiro atoms. The van der Waals surface area contributed by atoms with Gasteiger partial charge in [0.2, 0.25) is 5.91 Å². The Morgan fingerprint density at radius 3 is 2.87 bits per heavy atom. The summed E-state index contributed by atoms with van der Waals surface area (Å²) in [6, 6.07) is 7.31. The van der Waals surface area contributed by atoms with Gasteiger partial charge in [0.05, 0.1) is 6.61 Å². The summed E-state index contributed by atoms with van der Waals surface area (Å²) < 4.78 is 5.64. The van der Waals surface area contributed by atoms with Crippen molar-refractivity contribution in [2.24, 2.45) is 0 Å². The maximum Gasteiger partial charge on any atom is 0.273 e. The van der Waals surface area contributed by atoms with Crippen molar-refractivity contribution in [2.75, 3.05) is 32.8 Å². The molecule has 1 saturated heterocycles. The van der Waals surface area contributed by atoms with Crippen LogP contribution < -0.4 is 15.6 Å². The normalized spacial score (nSPS) is 14.2. The van der Waals surface area contributed by atoms with Crippen molar-refractivity contribution in [3.63, 3.8) is 0 Å². The molecule has 1 aliphatic rings. The number of piperidine rings is 1. The summed E-state index contributed by atoms with van der Waals surface area (Å²) in [6.07, 6.45) is 6.77. The largest absolute Gasteiger partial charge is 0.493 e. The van der Waals surface area contributed by atoms with E-state index in [1.165, 1.54) is 19.3 Å². The Bertz CT molecular complexity index is 921. The van der Waals surface area contributed by atoms with Gasteiger partial charge in [-0.3, -0.25) is 9.59 Å². The first-order valence-corrected chi connectivity index (χ1v) is 10.9. The number of carbonyl (C=O) groups is 1. The number of amides is 1. The third-order valence-corrected chi connectivity index (χ3v) is 5.25. The summed E-state index contributed by atoms with van der Waals surface area (Å²) in [5.74, 6) is 0.980. The smallest absolute Gasteiger partial charge is 0.273 e. The monoisotopic (exact) mass is 425 g/mol. The van der Waals surface area contributed by atoms with Gasteiger partial charge >= 0.3 is 0 Å². The third kappa shape index (κ3) is 7.32. The van der Waals surface area contributed by atoms with E-state index in [9.17, 15) is 9.59 Å². The van der Waals surface area contributed by atoms with Crippen LogP contribution in [0.2, 0.25) is 0 Å². The molecule has 2 heterocycles. The van der Waals surface area contributed by atoms with Crippen LogP contribution in [0.1, 0.15) is 37.8 Å². The zero-order valence-electron chi connectivity index (χ0n) is 17.9. The molecule has 0 unspecified atom stereocenters. The highest BCUT2D eigenvalue weighted by atomic mass is 16.5. The zero-order valence-corrected chi connectivity index (χ0v) is 17.9. The lowest BCUT2D eigenvalue weighted by Gasteiger charge is -2.26. The summed E-state index contributed by atoms with van der Waals surface area (Å²) >= 11 is 0. The molecule has 31 heavy (non-hydrogen) atoms. The topological polar surface area (TPSA) is 100 Å². The number of nitrogens with one attached hydrogen (secondary N) is 2. The fourth-order valence-corrected chi connectivity index (χ4v) is 3.50. The van der Waals surface area contributed by atoms with Crippen molar-refractivity contribution < 1.29 is 9.53 Å². The number of aryl methyl sites for hydroxylation is 1. The number of aromatic nitrogens is 3. The number of aromatic amines is 1. The van der Waals surface area contributed by atoms with Gasteiger partial charge < -0.3 is 19.9 Å². The first kappa shape index (κ1) is 22.7. The van der Waals surface area contributed by atoms with Crippen molar-refractivity contribution in [3.05, 3.63) is 53.0 Å². The Morgan fingerprint density at radius 1 is 1.26 bits per heavy atom. The Morgan fingerprint density at radius 2 is 2.10 bits per heavy atom. The third-order valence-electron chi connectivity index (χ3n) is 5.25. The molecule has 8 heteroatoms. The summed E-state index contributed by atoms with van der Waals surface area (Å²) in [6.45, 7) is 7.92. The minimum absolute atomic E-state index is 0.0772. The average Bonchev–Trinajstić information content (AvgIpc) is 2.79. The molecule has 2 aromatic rings. The van der Waals surface area contributed by atoms with E-state index < -0.39 is 0 Å². The predicted molar refractivity (Wildman–Crippen MR) is 120 cm³/mol. The molecule has 1 aromatic heterocycles. The highest BCUT2D eigenvalue weighted by Crippen LogP contribution is 2.20. The summed E-state index contributed by atoms with van der Waals surface area (Å²) in [5, 5.41) is 11.1. The second kappa shape index (κ2) is 12.0. The molecule has 1 aromatic carbocycles. The Kier molecular flexibility index (Phi) is 8.78. The van der Waals surface area contributed by atoms with Crippen LogP contribution in [0.5, 0.6) is 5.75 Å². The standard InChI is InChI=1S/C23H31N5O3/c1-2-3-16-31-19-9-7-8-18(17-19)22-25-23(30)20(26-27-22)10-11-21(29)24-12-15-28-13-5-4-6-14-28/h2,7-9,17H,1,3-6,10-16H2,(H,24,29)(H,25,27,30). The van der Waals surface area contributed by atoms with Gasteiger partial charge in [0, 0.05) is 31.5 Å². The lowest BCUT2D eigenvalue weighted by Crippen LogP contribution is -2.37. The quantitative estimate of drug-likeness (QED) is 0.423. The molecule has 2 N–H and O–H groups in total. The average molecular weight is 426 g/mol. The number of ether oxygens (including phenoxy) is 1. The fourth-order valence-electron chi connectivity index (χ4n) is 3.50. The van der Waals surface area contributed by atoms with E-state index in [4.69, 9.17) is 4.74 Å². The number of rotatable bonds is 11. The van der Waals surface area contributed by atoms with E-state index in [-0.39, 0.29) is 30.0 Å². The van der Waals surface area contributed by atoms with Gasteiger partial charge in [-0.15, -0.1) is 16.8 Å². The van der Waals surface area contributed by atoms with Crippen molar-refractivity contribution >= 4 is 5.91 Å². The predicted octanol–water partition coefficient (Wildman–Crippen LogP) is 2.32. The molecule has 0 radical (unpaired) electrons. The number of H-pyrrole nitrogens is 1. The summed E-state index contributed by atoms with van der Waals surface area (Å²) in [4.78, 5) is 29.6. The van der Waals surface area contributed by atoms with Gasteiger partial charge in [0.1, 0.15) is 11.4 Å². The highest BCUT2D eigenvalue weighted by Gasteiger charge is 2.12. The van der Waals surface area contributed by atoms with Crippen LogP contribution in [-0.2, 0) is 11.2 Å². The molecule has 0 bridgehead atoms. The van der Waals surface area contributed by atoms with E-state index in [0.717, 1.165) is 26.1 Å². The van der Waals surface area contributed by atoms with E-state index in [1.807, 2.05) is 18.2 Å². The second-order valence-corrected chi connectivity index (χ2v) is 7.66. The lowest BCUT2D eigenvalue weighted by atomic mass is 10.1. The van der Waals surface area contributed by atoms with Crippen LogP contribution in [0.4, 0.5) is 0 Å². The van der Waals surface area contributed by atoms with E-state index >= 15 is 0 Å². The van der Waals surface area contributed by atoms with Gasteiger partial charge in [0.25, 0.3) is 5.56 Å². The molecule has 1 aliphatic heterocycles. The molecule has 0 atom stereocenters. The molecule has 166 valence electrons. The fraction of sp³-hybridized carbons (Fsp3) is 0.478. The van der Waals surface area contributed by atoms with Gasteiger partial charge in [-0.2, -0.15) is 0 Å². The molecular weight excluding hydrogens is 394 g/mol. The minimum Gasteiger partial charge on any atom is -0.493 e. The van der Waals surface area contributed by atoms with Crippen molar-refractivity contribution in [3.8, 4) is 17.1 Å². The van der Waals surface area contributed by atoms with E-state index in [1.54, 1.807) is 12.1 Å². The van der Waals surface area contributed by atoms with E-state index in [2.05, 4.69) is 32.0 Å². The Hall–Kier alpha value is -3.00. The first-order chi connectivity index (χ1) is 15.2. The van der Waals surface area contributed by atoms with Crippen LogP contribution in [0.25, 0.3) is 11.4 Å². The lowest BCUT2D eigenvalue weighted by molar-refractivity contribution is -0.121. The zero-order chi connectivity index (χ0) is 21.9. The van der Waals surface area contributed by atoms with Crippen LogP contribution in [0.15, 0.2) is 41.7 Å². The Labute approximate surface area is 182 Å². The van der Waals surface area contributed by atoms with Crippen molar-refractivity contribution in [2.45, 2.75) is 38.5 Å². The van der Waals surface area contributed by atoms with Crippen molar-refractivity contribution in [1.29, 1.82) is 0 Å². The van der Waals surface area contributed by atoms with Gasteiger partial charge in [-0.05, 0) is 44.5 Å². The summed E-state index contributed by atoms with van der Waals surface area (Å²) in [7, 11) is 0. The van der Waals surface area contributed by atoms with Crippen LogP contribution in [-0.4, -0.2) is 58.8 Å². The van der Waals surface area contributed by atoms with Crippen molar-refractivity contribution in [1.82, 2.24) is 25.4 Å². The molecule has 1 amide bonds. The van der Waals surface area contributed by atoms with Crippen LogP contribution >= 0.6 is 0 Å². The maximum atomic E-state index is 12.4. The highest BCUT2D eigenvalue weighted by molar-refractivity contribution is 5.76. The molecule has 0 saturated carbocycles.